The molecule has 0 aliphatic rings. The van der Waals surface area contributed by atoms with Crippen LogP contribution >= 0.6 is 0 Å². The molecule has 2 N–H and O–H groups in total. The van der Waals surface area contributed by atoms with E-state index < -0.39 is 17.8 Å². The Kier molecular flexibility index (Phi) is 3.97. The fraction of sp³-hybridized carbons (Fsp3) is 0.231. The van der Waals surface area contributed by atoms with E-state index in [2.05, 4.69) is 20.6 Å². The molecule has 0 fully saturated rings. The van der Waals surface area contributed by atoms with Crippen molar-refractivity contribution in [3.05, 3.63) is 41.5 Å². The normalized spacial score (nSPS) is 11.3. The van der Waals surface area contributed by atoms with E-state index in [9.17, 15) is 17.6 Å². The van der Waals surface area contributed by atoms with E-state index in [1.165, 1.54) is 31.3 Å². The molecule has 0 amide bonds. The van der Waals surface area contributed by atoms with Gasteiger partial charge in [0.2, 0.25) is 5.82 Å². The zero-order valence-corrected chi connectivity index (χ0v) is 11.2. The van der Waals surface area contributed by atoms with Crippen LogP contribution in [0.25, 0.3) is 0 Å². The van der Waals surface area contributed by atoms with Crippen molar-refractivity contribution in [3.63, 3.8) is 0 Å². The number of rotatable bonds is 3. The molecule has 1 heterocycles. The molecular formula is C13H12F4N4. The lowest BCUT2D eigenvalue weighted by molar-refractivity contribution is -0.144. The number of alkyl halides is 3. The van der Waals surface area contributed by atoms with Crippen molar-refractivity contribution in [3.8, 4) is 0 Å². The summed E-state index contributed by atoms with van der Waals surface area (Å²) >= 11 is 0. The van der Waals surface area contributed by atoms with Crippen LogP contribution < -0.4 is 10.6 Å². The van der Waals surface area contributed by atoms with Gasteiger partial charge in [0.05, 0.1) is 0 Å². The molecule has 0 aliphatic heterocycles. The minimum absolute atomic E-state index is 0.0274. The number of hydrogen-bond donors (Lipinski definition) is 2. The Hall–Kier alpha value is -2.38. The maximum atomic E-state index is 13.0. The standard InChI is InChI=1S/C13H12F4N4/c1-7-5-8(14)3-4-9(7)19-11-6-10(18-2)20-12(21-11)13(15,16)17/h3-6H,1-2H3,(H2,18,19,20,21). The van der Waals surface area contributed by atoms with Gasteiger partial charge in [0.25, 0.3) is 0 Å². The number of benzene rings is 1. The van der Waals surface area contributed by atoms with Crippen LogP contribution in [0.3, 0.4) is 0 Å². The predicted molar refractivity (Wildman–Crippen MR) is 71.0 cm³/mol. The lowest BCUT2D eigenvalue weighted by atomic mass is 10.2. The summed E-state index contributed by atoms with van der Waals surface area (Å²) in [7, 11) is 1.45. The van der Waals surface area contributed by atoms with Gasteiger partial charge in [-0.2, -0.15) is 13.2 Å². The number of halogens is 4. The van der Waals surface area contributed by atoms with E-state index in [0.717, 1.165) is 0 Å². The largest absolute Gasteiger partial charge is 0.451 e. The first kappa shape index (κ1) is 15.0. The van der Waals surface area contributed by atoms with Gasteiger partial charge in [0, 0.05) is 18.8 Å². The number of hydrogen-bond acceptors (Lipinski definition) is 4. The van der Waals surface area contributed by atoms with Gasteiger partial charge in [0.1, 0.15) is 17.5 Å². The zero-order chi connectivity index (χ0) is 15.6. The molecular weight excluding hydrogens is 288 g/mol. The Morgan fingerprint density at radius 3 is 2.29 bits per heavy atom. The molecule has 0 bridgehead atoms. The van der Waals surface area contributed by atoms with Crippen molar-refractivity contribution in [1.29, 1.82) is 0 Å². The highest BCUT2D eigenvalue weighted by Crippen LogP contribution is 2.29. The van der Waals surface area contributed by atoms with Gasteiger partial charge in [-0.3, -0.25) is 0 Å². The van der Waals surface area contributed by atoms with Crippen LogP contribution in [0.1, 0.15) is 11.4 Å². The Balaban J connectivity index is 2.39. The molecule has 0 atom stereocenters. The molecule has 0 radical (unpaired) electrons. The summed E-state index contributed by atoms with van der Waals surface area (Å²) in [5.41, 5.74) is 1.01. The number of aromatic nitrogens is 2. The summed E-state index contributed by atoms with van der Waals surface area (Å²) in [6.07, 6.45) is -4.65. The smallest absolute Gasteiger partial charge is 0.373 e. The molecule has 2 aromatic rings. The fourth-order valence-corrected chi connectivity index (χ4v) is 1.67. The number of nitrogens with one attached hydrogen (secondary N) is 2. The van der Waals surface area contributed by atoms with Crippen molar-refractivity contribution >= 4 is 17.3 Å². The maximum Gasteiger partial charge on any atom is 0.451 e. The molecule has 21 heavy (non-hydrogen) atoms. The maximum absolute atomic E-state index is 13.0. The van der Waals surface area contributed by atoms with Gasteiger partial charge in [-0.05, 0) is 30.7 Å². The summed E-state index contributed by atoms with van der Waals surface area (Å²) in [5, 5.41) is 5.27. The molecule has 2 rings (SSSR count). The minimum atomic E-state index is -4.65. The van der Waals surface area contributed by atoms with Crippen molar-refractivity contribution in [2.75, 3.05) is 17.7 Å². The molecule has 112 valence electrons. The number of nitrogens with zero attached hydrogens (tertiary/aromatic N) is 2. The first-order valence-corrected chi connectivity index (χ1v) is 5.97. The van der Waals surface area contributed by atoms with Gasteiger partial charge >= 0.3 is 6.18 Å². The average Bonchev–Trinajstić information content (AvgIpc) is 2.40. The quantitative estimate of drug-likeness (QED) is 0.848. The molecule has 1 aromatic heterocycles. The molecule has 0 aliphatic carbocycles. The van der Waals surface area contributed by atoms with E-state index in [0.29, 0.717) is 11.3 Å². The van der Waals surface area contributed by atoms with Gasteiger partial charge in [-0.15, -0.1) is 0 Å². The molecule has 0 spiro atoms. The lowest BCUT2D eigenvalue weighted by Crippen LogP contribution is -2.13. The Morgan fingerprint density at radius 2 is 1.71 bits per heavy atom. The second-order valence-electron chi connectivity index (χ2n) is 4.29. The SMILES string of the molecule is CNc1cc(Nc2ccc(F)cc2C)nc(C(F)(F)F)n1. The van der Waals surface area contributed by atoms with Crippen molar-refractivity contribution in [1.82, 2.24) is 9.97 Å². The summed E-state index contributed by atoms with van der Waals surface area (Å²) < 4.78 is 51.2. The van der Waals surface area contributed by atoms with E-state index in [1.807, 2.05) is 0 Å². The molecule has 4 nitrogen and oxygen atoms in total. The second-order valence-corrected chi connectivity index (χ2v) is 4.29. The van der Waals surface area contributed by atoms with Crippen LogP contribution in [0.15, 0.2) is 24.3 Å². The van der Waals surface area contributed by atoms with E-state index in [-0.39, 0.29) is 11.6 Å². The van der Waals surface area contributed by atoms with E-state index in [1.54, 1.807) is 6.92 Å². The van der Waals surface area contributed by atoms with Crippen LogP contribution in [-0.2, 0) is 6.18 Å². The zero-order valence-electron chi connectivity index (χ0n) is 11.2. The molecule has 8 heteroatoms. The van der Waals surface area contributed by atoms with E-state index in [4.69, 9.17) is 0 Å². The highest BCUT2D eigenvalue weighted by molar-refractivity contribution is 5.62. The van der Waals surface area contributed by atoms with Gasteiger partial charge in [-0.25, -0.2) is 14.4 Å². The Morgan fingerprint density at radius 1 is 1.05 bits per heavy atom. The van der Waals surface area contributed by atoms with E-state index >= 15 is 0 Å². The van der Waals surface area contributed by atoms with Gasteiger partial charge in [-0.1, -0.05) is 0 Å². The van der Waals surface area contributed by atoms with Crippen molar-refractivity contribution < 1.29 is 17.6 Å². The molecule has 1 aromatic carbocycles. The van der Waals surface area contributed by atoms with Gasteiger partial charge < -0.3 is 10.6 Å². The third kappa shape index (κ3) is 3.59. The van der Waals surface area contributed by atoms with Gasteiger partial charge in [0.15, 0.2) is 0 Å². The van der Waals surface area contributed by atoms with Crippen LogP contribution in [0.4, 0.5) is 34.9 Å². The highest BCUT2D eigenvalue weighted by Gasteiger charge is 2.35. The third-order valence-electron chi connectivity index (χ3n) is 2.69. The average molecular weight is 300 g/mol. The Labute approximate surface area is 118 Å². The highest BCUT2D eigenvalue weighted by atomic mass is 19.4. The molecule has 0 saturated heterocycles. The third-order valence-corrected chi connectivity index (χ3v) is 2.69. The number of aryl methyl sites for hydroxylation is 1. The van der Waals surface area contributed by atoms with Crippen LogP contribution in [0.5, 0.6) is 0 Å². The summed E-state index contributed by atoms with van der Waals surface area (Å²) in [4.78, 5) is 6.78. The fourth-order valence-electron chi connectivity index (χ4n) is 1.67. The monoisotopic (exact) mass is 300 g/mol. The molecule has 0 unspecified atom stereocenters. The first-order valence-electron chi connectivity index (χ1n) is 5.97. The molecule has 0 saturated carbocycles. The second kappa shape index (κ2) is 5.55. The summed E-state index contributed by atoms with van der Waals surface area (Å²) in [5.74, 6) is -1.68. The number of anilines is 3. The predicted octanol–water partition coefficient (Wildman–Crippen LogP) is 3.73. The minimum Gasteiger partial charge on any atom is -0.373 e. The lowest BCUT2D eigenvalue weighted by Gasteiger charge is -2.12. The summed E-state index contributed by atoms with van der Waals surface area (Å²) in [6, 6.07) is 5.24. The van der Waals surface area contributed by atoms with Crippen molar-refractivity contribution in [2.24, 2.45) is 0 Å². The topological polar surface area (TPSA) is 49.8 Å². The Bertz CT molecular complexity index is 655. The van der Waals surface area contributed by atoms with Crippen molar-refractivity contribution in [2.45, 2.75) is 13.1 Å². The summed E-state index contributed by atoms with van der Waals surface area (Å²) in [6.45, 7) is 1.64. The van der Waals surface area contributed by atoms with Crippen LogP contribution in [0, 0.1) is 12.7 Å². The van der Waals surface area contributed by atoms with Crippen LogP contribution in [-0.4, -0.2) is 17.0 Å². The first-order chi connectivity index (χ1) is 9.79. The van der Waals surface area contributed by atoms with Crippen LogP contribution in [0.2, 0.25) is 0 Å².